The Morgan fingerprint density at radius 3 is 2.56 bits per heavy atom. The molecule has 0 spiro atoms. The first-order valence-electron chi connectivity index (χ1n) is 13.7. The molecule has 5 rings (SSSR count). The molecule has 1 atom stereocenters. The summed E-state index contributed by atoms with van der Waals surface area (Å²) >= 11 is 18.9. The molecular formula is C30H30Cl3N9O3. The molecule has 0 saturated heterocycles. The lowest BCUT2D eigenvalue weighted by atomic mass is 10.1. The fraction of sp³-hybridized carbons (Fsp3) is 0.233. The van der Waals surface area contributed by atoms with Crippen molar-refractivity contribution in [3.8, 4) is 17.1 Å². The number of rotatable bonds is 10. The van der Waals surface area contributed by atoms with Gasteiger partial charge in [0.25, 0.3) is 0 Å². The Kier molecular flexibility index (Phi) is 9.90. The summed E-state index contributed by atoms with van der Waals surface area (Å²) in [6.07, 6.45) is 1.61. The van der Waals surface area contributed by atoms with Gasteiger partial charge in [-0.3, -0.25) is 0 Å². The van der Waals surface area contributed by atoms with Gasteiger partial charge >= 0.3 is 6.09 Å². The van der Waals surface area contributed by atoms with E-state index in [1.165, 1.54) is 16.8 Å². The normalized spacial score (nSPS) is 11.9. The molecular weight excluding hydrogens is 641 g/mol. The summed E-state index contributed by atoms with van der Waals surface area (Å²) in [6.45, 7) is 2.41. The van der Waals surface area contributed by atoms with E-state index >= 15 is 0 Å². The number of halogens is 3. The van der Waals surface area contributed by atoms with Crippen LogP contribution in [0.1, 0.15) is 28.7 Å². The van der Waals surface area contributed by atoms with Crippen molar-refractivity contribution < 1.29 is 14.6 Å². The minimum absolute atomic E-state index is 0.258. The number of hydrogen-bond donors (Lipinski definition) is 2. The number of nitrogens with zero attached hydrogens (tertiary/aromatic N) is 8. The molecule has 0 aliphatic heterocycles. The van der Waals surface area contributed by atoms with Gasteiger partial charge in [0.15, 0.2) is 12.0 Å². The van der Waals surface area contributed by atoms with E-state index in [2.05, 4.69) is 20.6 Å². The van der Waals surface area contributed by atoms with Crippen LogP contribution in [0.25, 0.3) is 17.1 Å². The Balaban J connectivity index is 1.47. The molecule has 0 fully saturated rings. The first-order valence-corrected chi connectivity index (χ1v) is 14.8. The average Bonchev–Trinajstić information content (AvgIpc) is 3.66. The van der Waals surface area contributed by atoms with Gasteiger partial charge < -0.3 is 15.2 Å². The molecule has 45 heavy (non-hydrogen) atoms. The third-order valence-electron chi connectivity index (χ3n) is 7.02. The maximum atomic E-state index is 12.1. The van der Waals surface area contributed by atoms with Gasteiger partial charge in [0.2, 0.25) is 0 Å². The third-order valence-corrected chi connectivity index (χ3v) is 7.79. The van der Waals surface area contributed by atoms with Crippen molar-refractivity contribution in [2.24, 2.45) is 0 Å². The second-order valence-electron chi connectivity index (χ2n) is 10.2. The van der Waals surface area contributed by atoms with E-state index in [0.29, 0.717) is 43.7 Å². The number of aromatic nitrogens is 6. The van der Waals surface area contributed by atoms with E-state index in [1.54, 1.807) is 78.6 Å². The number of hydrogen-bond acceptors (Lipinski definition) is 9. The second-order valence-corrected chi connectivity index (χ2v) is 11.5. The standard InChI is InChI=1S/C30H30Cl3N9O3/c1-18-12-22(32)13-20(15-39(2)40(3)30(44)45-4)27(18)35-29(43)26-14-23(37-42(26)28-24(33)6-5-11-34-28)16-41-17-25(36-38-41)19-7-9-21(31)10-8-19/h5-14,17,29,35,43H,15-16H2,1-4H3. The fourth-order valence-electron chi connectivity index (χ4n) is 4.69. The predicted octanol–water partition coefficient (Wildman–Crippen LogP) is 5.99. The zero-order valence-electron chi connectivity index (χ0n) is 24.8. The molecule has 1 unspecified atom stereocenters. The minimum atomic E-state index is -1.26. The molecule has 0 aliphatic rings. The topological polar surface area (TPSA) is 126 Å². The van der Waals surface area contributed by atoms with Gasteiger partial charge in [-0.05, 0) is 60.5 Å². The number of amides is 1. The third kappa shape index (κ3) is 7.38. The van der Waals surface area contributed by atoms with Crippen molar-refractivity contribution in [3.63, 3.8) is 0 Å². The van der Waals surface area contributed by atoms with Crippen LogP contribution in [0.3, 0.4) is 0 Å². The van der Waals surface area contributed by atoms with E-state index < -0.39 is 12.3 Å². The number of aryl methyl sites for hydroxylation is 1. The second kappa shape index (κ2) is 13.8. The summed E-state index contributed by atoms with van der Waals surface area (Å²) in [5.41, 5.74) is 4.64. The number of carbonyl (C=O) groups excluding carboxylic acids is 1. The Hall–Kier alpha value is -4.20. The summed E-state index contributed by atoms with van der Waals surface area (Å²) in [7, 11) is 4.64. The highest BCUT2D eigenvalue weighted by molar-refractivity contribution is 6.32. The molecule has 1 amide bonds. The van der Waals surface area contributed by atoms with Crippen LogP contribution in [0.4, 0.5) is 10.5 Å². The average molecular weight is 671 g/mol. The van der Waals surface area contributed by atoms with E-state index in [1.807, 2.05) is 19.1 Å². The van der Waals surface area contributed by atoms with Crippen molar-refractivity contribution >= 4 is 46.6 Å². The van der Waals surface area contributed by atoms with Crippen molar-refractivity contribution in [2.75, 3.05) is 26.5 Å². The van der Waals surface area contributed by atoms with Crippen LogP contribution in [-0.2, 0) is 17.8 Å². The van der Waals surface area contributed by atoms with Gasteiger partial charge in [0.1, 0.15) is 5.69 Å². The lowest BCUT2D eigenvalue weighted by molar-refractivity contribution is 0.0174. The highest BCUT2D eigenvalue weighted by atomic mass is 35.5. The lowest BCUT2D eigenvalue weighted by Crippen LogP contribution is -2.40. The molecule has 2 N–H and O–H groups in total. The van der Waals surface area contributed by atoms with Gasteiger partial charge in [-0.2, -0.15) is 5.10 Å². The Morgan fingerprint density at radius 2 is 1.84 bits per heavy atom. The molecule has 234 valence electrons. The van der Waals surface area contributed by atoms with Crippen LogP contribution < -0.4 is 5.32 Å². The first-order chi connectivity index (χ1) is 21.5. The zero-order valence-corrected chi connectivity index (χ0v) is 27.1. The molecule has 0 bridgehead atoms. The molecule has 15 heteroatoms. The van der Waals surface area contributed by atoms with Crippen LogP contribution >= 0.6 is 34.8 Å². The van der Waals surface area contributed by atoms with Crippen LogP contribution in [0.5, 0.6) is 0 Å². The number of carbonyl (C=O) groups is 1. The zero-order chi connectivity index (χ0) is 32.2. The summed E-state index contributed by atoms with van der Waals surface area (Å²) in [4.78, 5) is 16.5. The van der Waals surface area contributed by atoms with Gasteiger partial charge in [0.05, 0.1) is 36.3 Å². The molecule has 3 aromatic heterocycles. The molecule has 2 aromatic carbocycles. The Labute approximate surface area is 274 Å². The predicted molar refractivity (Wildman–Crippen MR) is 172 cm³/mol. The van der Waals surface area contributed by atoms with Crippen molar-refractivity contribution in [1.29, 1.82) is 0 Å². The maximum absolute atomic E-state index is 12.1. The molecule has 0 radical (unpaired) electrons. The SMILES string of the molecule is COC(=O)N(C)N(C)Cc1cc(Cl)cc(C)c1NC(O)c1cc(Cn2cc(-c3ccc(Cl)cc3)nn2)nn1-c1ncccc1Cl. The molecule has 0 aliphatic carbocycles. The highest BCUT2D eigenvalue weighted by Gasteiger charge is 2.23. The number of pyridine rings is 1. The van der Waals surface area contributed by atoms with E-state index in [9.17, 15) is 9.90 Å². The van der Waals surface area contributed by atoms with Crippen molar-refractivity contribution in [1.82, 2.24) is 39.8 Å². The van der Waals surface area contributed by atoms with Gasteiger partial charge in [-0.25, -0.2) is 29.2 Å². The molecule has 5 aromatic rings. The van der Waals surface area contributed by atoms with Gasteiger partial charge in [0, 0.05) is 48.1 Å². The molecule has 0 saturated carbocycles. The number of methoxy groups -OCH3 is 1. The van der Waals surface area contributed by atoms with Crippen molar-refractivity contribution in [3.05, 3.63) is 105 Å². The summed E-state index contributed by atoms with van der Waals surface area (Å²) in [6, 6.07) is 16.0. The number of aliphatic hydroxyl groups is 1. The van der Waals surface area contributed by atoms with E-state index in [-0.39, 0.29) is 13.1 Å². The van der Waals surface area contributed by atoms with Crippen molar-refractivity contribution in [2.45, 2.75) is 26.2 Å². The molecule has 12 nitrogen and oxygen atoms in total. The first kappa shape index (κ1) is 32.2. The van der Waals surface area contributed by atoms with Crippen LogP contribution in [-0.4, -0.2) is 72.2 Å². The van der Waals surface area contributed by atoms with Crippen LogP contribution in [0.2, 0.25) is 15.1 Å². The summed E-state index contributed by atoms with van der Waals surface area (Å²) in [5, 5.41) is 32.6. The minimum Gasteiger partial charge on any atom is -0.452 e. The summed E-state index contributed by atoms with van der Waals surface area (Å²) in [5.74, 6) is 0.342. The van der Waals surface area contributed by atoms with Crippen LogP contribution in [0.15, 0.2) is 67.0 Å². The summed E-state index contributed by atoms with van der Waals surface area (Å²) < 4.78 is 7.97. The number of benzene rings is 2. The smallest absolute Gasteiger partial charge is 0.423 e. The number of ether oxygens (including phenoxy) is 1. The fourth-order valence-corrected chi connectivity index (χ4v) is 5.32. The quantitative estimate of drug-likeness (QED) is 0.136. The molecule has 3 heterocycles. The number of aliphatic hydroxyl groups excluding tert-OH is 1. The van der Waals surface area contributed by atoms with Crippen LogP contribution in [0, 0.1) is 6.92 Å². The Morgan fingerprint density at radius 1 is 1.09 bits per heavy atom. The monoisotopic (exact) mass is 669 g/mol. The number of hydrazine groups is 1. The van der Waals surface area contributed by atoms with Gasteiger partial charge in [-0.1, -0.05) is 52.1 Å². The number of anilines is 1. The van der Waals surface area contributed by atoms with E-state index in [0.717, 1.165) is 16.7 Å². The Bertz CT molecular complexity index is 1810. The van der Waals surface area contributed by atoms with E-state index in [4.69, 9.17) is 44.6 Å². The maximum Gasteiger partial charge on any atom is 0.423 e. The number of nitrogens with one attached hydrogen (secondary N) is 1. The lowest BCUT2D eigenvalue weighted by Gasteiger charge is -2.28. The largest absolute Gasteiger partial charge is 0.452 e. The van der Waals surface area contributed by atoms with Gasteiger partial charge in [-0.15, -0.1) is 5.10 Å². The highest BCUT2D eigenvalue weighted by Crippen LogP contribution is 2.31.